The van der Waals surface area contributed by atoms with Gasteiger partial charge in [0.2, 0.25) is 5.75 Å². The minimum atomic E-state index is -4.74. The number of carbonyl (C=O) groups is 1. The van der Waals surface area contributed by atoms with Crippen molar-refractivity contribution in [2.75, 3.05) is 7.11 Å². The molecule has 1 aliphatic heterocycles. The van der Waals surface area contributed by atoms with Crippen LogP contribution in [0.1, 0.15) is 16.7 Å². The molecule has 1 heterocycles. The van der Waals surface area contributed by atoms with Gasteiger partial charge in [0.25, 0.3) is 5.91 Å². The van der Waals surface area contributed by atoms with Crippen LogP contribution in [0.3, 0.4) is 0 Å². The number of methoxy groups -OCH3 is 1. The molecule has 0 aliphatic carbocycles. The van der Waals surface area contributed by atoms with Gasteiger partial charge >= 0.3 is 11.9 Å². The van der Waals surface area contributed by atoms with E-state index in [2.05, 4.69) is 10.3 Å². The average molecular weight is 529 g/mol. The van der Waals surface area contributed by atoms with Crippen LogP contribution < -0.4 is 14.8 Å². The third-order valence-electron chi connectivity index (χ3n) is 5.10. The van der Waals surface area contributed by atoms with E-state index >= 15 is 0 Å². The molecule has 0 unspecified atom stereocenters. The zero-order chi connectivity index (χ0) is 26.7. The number of benzene rings is 3. The zero-order valence-electron chi connectivity index (χ0n) is 19.3. The van der Waals surface area contributed by atoms with E-state index < -0.39 is 22.4 Å². The Balaban J connectivity index is 1.57. The van der Waals surface area contributed by atoms with Gasteiger partial charge < -0.3 is 14.8 Å². The van der Waals surface area contributed by atoms with E-state index in [0.717, 1.165) is 23.4 Å². The molecule has 3 aromatic carbocycles. The van der Waals surface area contributed by atoms with Crippen LogP contribution in [-0.4, -0.2) is 23.1 Å². The molecule has 0 radical (unpaired) electrons. The molecule has 1 aliphatic rings. The number of nitro groups is 1. The van der Waals surface area contributed by atoms with Gasteiger partial charge in [0.1, 0.15) is 0 Å². The molecule has 0 atom stereocenters. The maximum Gasteiger partial charge on any atom is 0.416 e. The van der Waals surface area contributed by atoms with Gasteiger partial charge in [-0.3, -0.25) is 14.9 Å². The number of rotatable bonds is 6. The highest BCUT2D eigenvalue weighted by Crippen LogP contribution is 2.40. The smallest absolute Gasteiger partial charge is 0.416 e. The third kappa shape index (κ3) is 6.09. The van der Waals surface area contributed by atoms with E-state index in [-0.39, 0.29) is 23.2 Å². The van der Waals surface area contributed by atoms with Crippen LogP contribution in [0, 0.1) is 17.0 Å². The molecule has 0 bridgehead atoms. The summed E-state index contributed by atoms with van der Waals surface area (Å²) in [5.41, 5.74) is 0.318. The first-order chi connectivity index (χ1) is 17.5. The van der Waals surface area contributed by atoms with Gasteiger partial charge in [-0.15, -0.1) is 0 Å². The molecule has 0 saturated carbocycles. The second-order valence-corrected chi connectivity index (χ2v) is 8.80. The number of nitro benzene ring substituents is 1. The molecular weight excluding hydrogens is 511 g/mol. The predicted octanol–water partition coefficient (Wildman–Crippen LogP) is 6.61. The number of aliphatic imine (C=N–C) groups is 1. The normalized spacial score (nSPS) is 15.6. The quantitative estimate of drug-likeness (QED) is 0.219. The monoisotopic (exact) mass is 529 g/mol. The molecule has 37 heavy (non-hydrogen) atoms. The first-order valence-electron chi connectivity index (χ1n) is 10.6. The lowest BCUT2D eigenvalue weighted by Gasteiger charge is -2.13. The molecule has 1 amide bonds. The summed E-state index contributed by atoms with van der Waals surface area (Å²) in [4.78, 5) is 27.6. The van der Waals surface area contributed by atoms with E-state index in [4.69, 9.17) is 9.47 Å². The van der Waals surface area contributed by atoms with Gasteiger partial charge in [0, 0.05) is 6.07 Å². The predicted molar refractivity (Wildman–Crippen MR) is 133 cm³/mol. The molecule has 0 spiro atoms. The summed E-state index contributed by atoms with van der Waals surface area (Å²) in [5.74, 6) is -0.529. The fraction of sp³-hybridized carbons (Fsp3) is 0.120. The Hall–Kier alpha value is -4.32. The summed E-state index contributed by atoms with van der Waals surface area (Å²) < 4.78 is 49.7. The van der Waals surface area contributed by atoms with Crippen molar-refractivity contribution in [2.45, 2.75) is 13.1 Å². The molecule has 0 aromatic heterocycles. The molecule has 8 nitrogen and oxygen atoms in total. The summed E-state index contributed by atoms with van der Waals surface area (Å²) >= 11 is 1.15. The van der Waals surface area contributed by atoms with Crippen molar-refractivity contribution in [3.05, 3.63) is 92.4 Å². The van der Waals surface area contributed by atoms with Crippen molar-refractivity contribution in [1.82, 2.24) is 5.32 Å². The first-order valence-corrected chi connectivity index (χ1v) is 11.4. The number of thioether (sulfide) groups is 1. The summed E-state index contributed by atoms with van der Waals surface area (Å²) in [7, 11) is 1.34. The van der Waals surface area contributed by atoms with Crippen LogP contribution in [0.4, 0.5) is 24.5 Å². The topological polar surface area (TPSA) is 103 Å². The molecule has 4 rings (SSSR count). The largest absolute Gasteiger partial charge is 0.493 e. The van der Waals surface area contributed by atoms with Crippen LogP contribution in [0.15, 0.2) is 70.6 Å². The van der Waals surface area contributed by atoms with Crippen LogP contribution in [0.5, 0.6) is 17.2 Å². The number of nitrogens with zero attached hydrogens (tertiary/aromatic N) is 2. The van der Waals surface area contributed by atoms with Crippen LogP contribution >= 0.6 is 11.8 Å². The third-order valence-corrected chi connectivity index (χ3v) is 6.01. The van der Waals surface area contributed by atoms with Gasteiger partial charge in [-0.05, 0) is 66.7 Å². The number of amidine groups is 1. The van der Waals surface area contributed by atoms with Crippen molar-refractivity contribution >= 4 is 40.3 Å². The Labute approximate surface area is 213 Å². The highest BCUT2D eigenvalue weighted by Gasteiger charge is 2.33. The zero-order valence-corrected chi connectivity index (χ0v) is 20.1. The molecular formula is C25H18F3N3O5S. The summed E-state index contributed by atoms with van der Waals surface area (Å²) in [5, 5.41) is 14.5. The minimum absolute atomic E-state index is 0.0395. The van der Waals surface area contributed by atoms with Crippen LogP contribution in [-0.2, 0) is 11.0 Å². The highest BCUT2D eigenvalue weighted by atomic mass is 32.2. The lowest BCUT2D eigenvalue weighted by atomic mass is 10.1. The van der Waals surface area contributed by atoms with Gasteiger partial charge in [0.05, 0.1) is 28.2 Å². The number of hydrogen-bond acceptors (Lipinski definition) is 7. The summed E-state index contributed by atoms with van der Waals surface area (Å²) in [6.45, 7) is 1.96. The van der Waals surface area contributed by atoms with Gasteiger partial charge in [-0.25, -0.2) is 4.99 Å². The van der Waals surface area contributed by atoms with E-state index in [1.165, 1.54) is 19.2 Å². The minimum Gasteiger partial charge on any atom is -0.493 e. The van der Waals surface area contributed by atoms with Crippen LogP contribution in [0.2, 0.25) is 0 Å². The lowest BCUT2D eigenvalue weighted by molar-refractivity contribution is -0.385. The summed E-state index contributed by atoms with van der Waals surface area (Å²) in [6.07, 6.45) is -3.14. The number of alkyl halides is 3. The van der Waals surface area contributed by atoms with E-state index in [9.17, 15) is 28.1 Å². The molecule has 1 fully saturated rings. The van der Waals surface area contributed by atoms with Gasteiger partial charge in [0.15, 0.2) is 16.7 Å². The van der Waals surface area contributed by atoms with E-state index in [1.807, 2.05) is 31.2 Å². The van der Waals surface area contributed by atoms with Crippen molar-refractivity contribution < 1.29 is 32.4 Å². The molecule has 1 N–H and O–H groups in total. The van der Waals surface area contributed by atoms with E-state index in [0.29, 0.717) is 33.5 Å². The Kier molecular flexibility index (Phi) is 7.21. The Bertz CT molecular complexity index is 1440. The fourth-order valence-corrected chi connectivity index (χ4v) is 4.11. The van der Waals surface area contributed by atoms with Crippen molar-refractivity contribution in [2.24, 2.45) is 4.99 Å². The Morgan fingerprint density at radius 3 is 2.38 bits per heavy atom. The number of halogens is 3. The van der Waals surface area contributed by atoms with Crippen molar-refractivity contribution in [1.29, 1.82) is 0 Å². The number of aryl methyl sites for hydroxylation is 1. The van der Waals surface area contributed by atoms with Gasteiger partial charge in [-0.2, -0.15) is 13.2 Å². The standard InChI is InChI=1S/C25H18F3N3O5S/c1-14-3-7-17(8-4-14)29-24-30-23(32)22(37-24)12-15-5-9-20(21(11-15)35-2)36-19-10-6-16(25(26,27)28)13-18(19)31(33)34/h3-13H,1-2H3,(H,29,30,32)/b22-12-. The number of amides is 1. The maximum absolute atomic E-state index is 13.0. The van der Waals surface area contributed by atoms with E-state index in [1.54, 1.807) is 12.1 Å². The van der Waals surface area contributed by atoms with Gasteiger partial charge in [-0.1, -0.05) is 23.8 Å². The number of nitrogens with one attached hydrogen (secondary N) is 1. The highest BCUT2D eigenvalue weighted by molar-refractivity contribution is 8.18. The Morgan fingerprint density at radius 2 is 1.73 bits per heavy atom. The average Bonchev–Trinajstić information content (AvgIpc) is 3.19. The number of hydrogen-bond donors (Lipinski definition) is 1. The molecule has 3 aromatic rings. The number of carbonyl (C=O) groups excluding carboxylic acids is 1. The van der Waals surface area contributed by atoms with Crippen molar-refractivity contribution in [3.63, 3.8) is 0 Å². The second-order valence-electron chi connectivity index (χ2n) is 7.77. The van der Waals surface area contributed by atoms with Crippen molar-refractivity contribution in [3.8, 4) is 17.2 Å². The Morgan fingerprint density at radius 1 is 1.03 bits per heavy atom. The summed E-state index contributed by atoms with van der Waals surface area (Å²) in [6, 6.07) is 14.0. The second kappa shape index (κ2) is 10.3. The number of ether oxygens (including phenoxy) is 2. The first kappa shape index (κ1) is 25.8. The SMILES string of the molecule is COc1cc(/C=C2\SC(=Nc3ccc(C)cc3)NC2=O)ccc1Oc1ccc(C(F)(F)F)cc1[N+](=O)[O-]. The molecule has 12 heteroatoms. The molecule has 1 saturated heterocycles. The fourth-order valence-electron chi connectivity index (χ4n) is 3.27. The lowest BCUT2D eigenvalue weighted by Crippen LogP contribution is -2.19. The maximum atomic E-state index is 13.0. The molecule has 190 valence electrons. The van der Waals surface area contributed by atoms with Crippen LogP contribution in [0.25, 0.3) is 6.08 Å².